The zero-order valence-electron chi connectivity index (χ0n) is 13.2. The highest BCUT2D eigenvalue weighted by Crippen LogP contribution is 2.26. The molecule has 0 spiro atoms. The molecule has 0 amide bonds. The van der Waals surface area contributed by atoms with Gasteiger partial charge in [-0.2, -0.15) is 0 Å². The van der Waals surface area contributed by atoms with E-state index in [0.717, 1.165) is 24.4 Å². The standard InChI is InChI=1S/C16H34N2/c1-6-11-17-16(13(2)3)12-18(5)15-9-7-14(4)8-10-15/h13-17H,6-12H2,1-5H3. The molecular weight excluding hydrogens is 220 g/mol. The Morgan fingerprint density at radius 3 is 2.28 bits per heavy atom. The van der Waals surface area contributed by atoms with Crippen LogP contribution in [0.15, 0.2) is 0 Å². The van der Waals surface area contributed by atoms with E-state index in [2.05, 4.69) is 45.0 Å². The van der Waals surface area contributed by atoms with Crippen LogP contribution in [0.4, 0.5) is 0 Å². The van der Waals surface area contributed by atoms with Gasteiger partial charge in [-0.3, -0.25) is 0 Å². The van der Waals surface area contributed by atoms with Crippen molar-refractivity contribution in [1.29, 1.82) is 0 Å². The second kappa shape index (κ2) is 8.16. The van der Waals surface area contributed by atoms with Gasteiger partial charge in [-0.15, -0.1) is 0 Å². The Morgan fingerprint density at radius 2 is 1.78 bits per heavy atom. The third-order valence-electron chi connectivity index (χ3n) is 4.55. The average Bonchev–Trinajstić information content (AvgIpc) is 2.34. The van der Waals surface area contributed by atoms with Crippen LogP contribution in [0, 0.1) is 11.8 Å². The first-order valence-corrected chi connectivity index (χ1v) is 7.98. The highest BCUT2D eigenvalue weighted by atomic mass is 15.2. The minimum Gasteiger partial charge on any atom is -0.312 e. The molecule has 1 aliphatic carbocycles. The smallest absolute Gasteiger partial charge is 0.0217 e. The zero-order valence-corrected chi connectivity index (χ0v) is 13.2. The summed E-state index contributed by atoms with van der Waals surface area (Å²) in [6, 6.07) is 1.47. The Bertz CT molecular complexity index is 207. The number of hydrogen-bond acceptors (Lipinski definition) is 2. The lowest BCUT2D eigenvalue weighted by Crippen LogP contribution is -2.47. The van der Waals surface area contributed by atoms with Gasteiger partial charge in [0.2, 0.25) is 0 Å². The molecule has 1 unspecified atom stereocenters. The summed E-state index contributed by atoms with van der Waals surface area (Å²) in [5.41, 5.74) is 0. The van der Waals surface area contributed by atoms with Crippen molar-refractivity contribution in [2.45, 2.75) is 71.9 Å². The molecule has 108 valence electrons. The van der Waals surface area contributed by atoms with Crippen molar-refractivity contribution in [3.05, 3.63) is 0 Å². The van der Waals surface area contributed by atoms with Crippen molar-refractivity contribution in [1.82, 2.24) is 10.2 Å². The fraction of sp³-hybridized carbons (Fsp3) is 1.00. The molecule has 1 rings (SSSR count). The molecule has 1 fully saturated rings. The molecular formula is C16H34N2. The van der Waals surface area contributed by atoms with Gasteiger partial charge < -0.3 is 10.2 Å². The predicted molar refractivity (Wildman–Crippen MR) is 81.0 cm³/mol. The maximum Gasteiger partial charge on any atom is 0.0217 e. The van der Waals surface area contributed by atoms with Crippen LogP contribution in [0.1, 0.15) is 59.8 Å². The second-order valence-electron chi connectivity index (χ2n) is 6.66. The van der Waals surface area contributed by atoms with Gasteiger partial charge in [0, 0.05) is 18.6 Å². The van der Waals surface area contributed by atoms with Gasteiger partial charge in [0.15, 0.2) is 0 Å². The van der Waals surface area contributed by atoms with Gasteiger partial charge in [-0.1, -0.05) is 27.7 Å². The fourth-order valence-corrected chi connectivity index (χ4v) is 2.98. The molecule has 1 saturated carbocycles. The normalized spacial score (nSPS) is 26.8. The Morgan fingerprint density at radius 1 is 1.17 bits per heavy atom. The summed E-state index contributed by atoms with van der Waals surface area (Å²) >= 11 is 0. The minimum atomic E-state index is 0.647. The van der Waals surface area contributed by atoms with Crippen molar-refractivity contribution in [3.8, 4) is 0 Å². The van der Waals surface area contributed by atoms with Crippen LogP contribution in [0.3, 0.4) is 0 Å². The molecule has 1 aliphatic rings. The molecule has 2 nitrogen and oxygen atoms in total. The van der Waals surface area contributed by atoms with E-state index in [1.165, 1.54) is 38.6 Å². The van der Waals surface area contributed by atoms with E-state index >= 15 is 0 Å². The van der Waals surface area contributed by atoms with E-state index in [1.54, 1.807) is 0 Å². The van der Waals surface area contributed by atoms with E-state index in [1.807, 2.05) is 0 Å². The van der Waals surface area contributed by atoms with Crippen LogP contribution in [-0.2, 0) is 0 Å². The van der Waals surface area contributed by atoms with E-state index in [4.69, 9.17) is 0 Å². The first-order chi connectivity index (χ1) is 8.54. The second-order valence-corrected chi connectivity index (χ2v) is 6.66. The molecule has 0 aromatic carbocycles. The SMILES string of the molecule is CCCNC(CN(C)C1CCC(C)CC1)C(C)C. The van der Waals surface area contributed by atoms with Gasteiger partial charge in [0.25, 0.3) is 0 Å². The summed E-state index contributed by atoms with van der Waals surface area (Å²) in [7, 11) is 2.32. The van der Waals surface area contributed by atoms with Gasteiger partial charge >= 0.3 is 0 Å². The molecule has 0 radical (unpaired) electrons. The van der Waals surface area contributed by atoms with E-state index in [-0.39, 0.29) is 0 Å². The van der Waals surface area contributed by atoms with Crippen LogP contribution in [-0.4, -0.2) is 37.1 Å². The third-order valence-corrected chi connectivity index (χ3v) is 4.55. The Kier molecular flexibility index (Phi) is 7.25. The molecule has 0 aromatic heterocycles. The van der Waals surface area contributed by atoms with Gasteiger partial charge in [-0.05, 0) is 57.5 Å². The van der Waals surface area contributed by atoms with E-state index in [9.17, 15) is 0 Å². The summed E-state index contributed by atoms with van der Waals surface area (Å²) in [5, 5.41) is 3.71. The molecule has 2 heteroatoms. The van der Waals surface area contributed by atoms with Crippen molar-refractivity contribution in [2.75, 3.05) is 20.1 Å². The molecule has 0 saturated heterocycles. The molecule has 18 heavy (non-hydrogen) atoms. The Hall–Kier alpha value is -0.0800. The summed E-state index contributed by atoms with van der Waals surface area (Å²) < 4.78 is 0. The van der Waals surface area contributed by atoms with E-state index in [0.29, 0.717) is 6.04 Å². The monoisotopic (exact) mass is 254 g/mol. The number of rotatable bonds is 7. The lowest BCUT2D eigenvalue weighted by molar-refractivity contribution is 0.146. The first-order valence-electron chi connectivity index (χ1n) is 7.98. The molecule has 1 N–H and O–H groups in total. The molecule has 1 atom stereocenters. The fourth-order valence-electron chi connectivity index (χ4n) is 2.98. The highest BCUT2D eigenvalue weighted by molar-refractivity contribution is 4.81. The molecule has 0 bridgehead atoms. The third kappa shape index (κ3) is 5.27. The molecule has 0 heterocycles. The number of nitrogens with zero attached hydrogens (tertiary/aromatic N) is 1. The van der Waals surface area contributed by atoms with Crippen molar-refractivity contribution in [3.63, 3.8) is 0 Å². The first kappa shape index (κ1) is 16.0. The predicted octanol–water partition coefficient (Wildman–Crippen LogP) is 3.52. The maximum absolute atomic E-state index is 3.71. The molecule has 0 aromatic rings. The quantitative estimate of drug-likeness (QED) is 0.748. The maximum atomic E-state index is 3.71. The van der Waals surface area contributed by atoms with Crippen LogP contribution in [0.5, 0.6) is 0 Å². The van der Waals surface area contributed by atoms with Crippen molar-refractivity contribution in [2.24, 2.45) is 11.8 Å². The lowest BCUT2D eigenvalue weighted by Gasteiger charge is -2.36. The summed E-state index contributed by atoms with van der Waals surface area (Å²) in [4.78, 5) is 2.61. The topological polar surface area (TPSA) is 15.3 Å². The van der Waals surface area contributed by atoms with Crippen molar-refractivity contribution < 1.29 is 0 Å². The Balaban J connectivity index is 2.37. The van der Waals surface area contributed by atoms with Crippen LogP contribution in [0.2, 0.25) is 0 Å². The van der Waals surface area contributed by atoms with E-state index < -0.39 is 0 Å². The minimum absolute atomic E-state index is 0.647. The van der Waals surface area contributed by atoms with Gasteiger partial charge in [0.05, 0.1) is 0 Å². The van der Waals surface area contributed by atoms with Crippen LogP contribution < -0.4 is 5.32 Å². The summed E-state index contributed by atoms with van der Waals surface area (Å²) in [6.07, 6.45) is 6.87. The van der Waals surface area contributed by atoms with Crippen LogP contribution in [0.25, 0.3) is 0 Å². The number of nitrogens with one attached hydrogen (secondary N) is 1. The summed E-state index contributed by atoms with van der Waals surface area (Å²) in [6.45, 7) is 11.7. The Labute approximate surface area is 115 Å². The van der Waals surface area contributed by atoms with Crippen molar-refractivity contribution >= 4 is 0 Å². The zero-order chi connectivity index (χ0) is 13.5. The number of likely N-dealkylation sites (N-methyl/N-ethyl adjacent to an activating group) is 1. The largest absolute Gasteiger partial charge is 0.312 e. The highest BCUT2D eigenvalue weighted by Gasteiger charge is 2.24. The van der Waals surface area contributed by atoms with Gasteiger partial charge in [0.1, 0.15) is 0 Å². The summed E-state index contributed by atoms with van der Waals surface area (Å²) in [5.74, 6) is 1.68. The van der Waals surface area contributed by atoms with Crippen LogP contribution >= 0.6 is 0 Å². The number of hydrogen-bond donors (Lipinski definition) is 1. The van der Waals surface area contributed by atoms with Gasteiger partial charge in [-0.25, -0.2) is 0 Å². The molecule has 0 aliphatic heterocycles. The lowest BCUT2D eigenvalue weighted by atomic mass is 9.86. The average molecular weight is 254 g/mol.